The molecule has 6 heteroatoms. The summed E-state index contributed by atoms with van der Waals surface area (Å²) in [6, 6.07) is 17.4. The molecule has 0 unspecified atom stereocenters. The molecule has 1 saturated heterocycles. The Kier molecular flexibility index (Phi) is 6.64. The molecule has 0 spiro atoms. The zero-order chi connectivity index (χ0) is 19.9. The summed E-state index contributed by atoms with van der Waals surface area (Å²) in [6.07, 6.45) is 0. The molecule has 2 aromatic carbocycles. The minimum absolute atomic E-state index is 0.0232. The van der Waals surface area contributed by atoms with Gasteiger partial charge in [-0.15, -0.1) is 0 Å². The average molecular weight is 380 g/mol. The molecule has 0 radical (unpaired) electrons. The lowest BCUT2D eigenvalue weighted by Crippen LogP contribution is -3.29. The summed E-state index contributed by atoms with van der Waals surface area (Å²) in [6.45, 7) is 6.94. The van der Waals surface area contributed by atoms with Crippen LogP contribution in [0.2, 0.25) is 0 Å². The molecule has 0 bridgehead atoms. The van der Waals surface area contributed by atoms with Gasteiger partial charge in [-0.3, -0.25) is 4.79 Å². The molecule has 1 amide bonds. The molecule has 146 valence electrons. The summed E-state index contributed by atoms with van der Waals surface area (Å²) in [7, 11) is 1.61. The molecule has 1 aliphatic heterocycles. The molecule has 0 aromatic heterocycles. The predicted octanol–water partition coefficient (Wildman–Crippen LogP) is -0.123. The number of amides is 1. The van der Waals surface area contributed by atoms with Crippen LogP contribution >= 0.6 is 0 Å². The highest BCUT2D eigenvalue weighted by molar-refractivity contribution is 5.94. The first kappa shape index (κ1) is 19.9. The summed E-state index contributed by atoms with van der Waals surface area (Å²) in [5.74, 6) is 0.699. The van der Waals surface area contributed by atoms with Crippen LogP contribution in [0.25, 0.3) is 0 Å². The minimum atomic E-state index is -0.110. The molecule has 0 aliphatic carbocycles. The summed E-state index contributed by atoms with van der Waals surface area (Å²) in [5, 5.41) is 11.9. The Hall–Kier alpha value is -2.88. The zero-order valence-corrected chi connectivity index (χ0v) is 16.5. The van der Waals surface area contributed by atoms with Gasteiger partial charge in [0.2, 0.25) is 0 Å². The quantitative estimate of drug-likeness (QED) is 0.654. The highest BCUT2D eigenvalue weighted by atomic mass is 16.5. The maximum atomic E-state index is 12.7. The second kappa shape index (κ2) is 9.36. The fourth-order valence-corrected chi connectivity index (χ4v) is 3.69. The smallest absolute Gasteiger partial charge is 0.282 e. The van der Waals surface area contributed by atoms with Crippen molar-refractivity contribution in [2.24, 2.45) is 0 Å². The lowest BCUT2D eigenvalue weighted by molar-refractivity contribution is -1.02. The number of carbonyl (C=O) groups excluding carboxylic acids is 1. The largest absolute Gasteiger partial charge is 0.495 e. The van der Waals surface area contributed by atoms with Crippen molar-refractivity contribution in [1.82, 2.24) is 0 Å². The normalized spacial score (nSPS) is 20.0. The van der Waals surface area contributed by atoms with Crippen LogP contribution in [-0.2, 0) is 11.3 Å². The van der Waals surface area contributed by atoms with Crippen LogP contribution in [0.15, 0.2) is 48.5 Å². The van der Waals surface area contributed by atoms with E-state index in [1.165, 1.54) is 15.4 Å². The fraction of sp³-hybridized carbons (Fsp3) is 0.364. The highest BCUT2D eigenvalue weighted by Crippen LogP contribution is 2.22. The molecule has 1 atom stereocenters. The summed E-state index contributed by atoms with van der Waals surface area (Å²) in [4.78, 5) is 15.5. The number of quaternary nitrogens is 2. The molecule has 1 fully saturated rings. The van der Waals surface area contributed by atoms with Crippen molar-refractivity contribution in [2.45, 2.75) is 19.5 Å². The van der Waals surface area contributed by atoms with E-state index in [1.54, 1.807) is 7.11 Å². The van der Waals surface area contributed by atoms with Crippen molar-refractivity contribution in [1.29, 1.82) is 5.26 Å². The van der Waals surface area contributed by atoms with Crippen molar-refractivity contribution in [3.05, 3.63) is 59.7 Å². The van der Waals surface area contributed by atoms with E-state index in [0.29, 0.717) is 17.0 Å². The number of benzene rings is 2. The Morgan fingerprint density at radius 3 is 2.46 bits per heavy atom. The molecule has 6 nitrogen and oxygen atoms in total. The Morgan fingerprint density at radius 2 is 1.82 bits per heavy atom. The van der Waals surface area contributed by atoms with Crippen LogP contribution in [0.1, 0.15) is 18.1 Å². The number of nitriles is 1. The molecule has 1 aliphatic rings. The number of anilines is 1. The van der Waals surface area contributed by atoms with Crippen LogP contribution < -0.4 is 19.9 Å². The first-order valence-corrected chi connectivity index (χ1v) is 9.71. The fourth-order valence-electron chi connectivity index (χ4n) is 3.69. The van der Waals surface area contributed by atoms with Crippen molar-refractivity contribution < 1.29 is 19.3 Å². The highest BCUT2D eigenvalue weighted by Gasteiger charge is 2.31. The Labute approximate surface area is 166 Å². The average Bonchev–Trinajstić information content (AvgIpc) is 2.74. The van der Waals surface area contributed by atoms with E-state index in [4.69, 9.17) is 10.00 Å². The van der Waals surface area contributed by atoms with E-state index in [2.05, 4.69) is 11.4 Å². The van der Waals surface area contributed by atoms with Gasteiger partial charge in [0.15, 0.2) is 6.04 Å². The van der Waals surface area contributed by atoms with Crippen LogP contribution in [0, 0.1) is 11.3 Å². The summed E-state index contributed by atoms with van der Waals surface area (Å²) >= 11 is 0. The molecule has 3 N–H and O–H groups in total. The second-order valence-electron chi connectivity index (χ2n) is 7.30. The van der Waals surface area contributed by atoms with Crippen molar-refractivity contribution >= 4 is 11.6 Å². The van der Waals surface area contributed by atoms with Crippen molar-refractivity contribution in [3.63, 3.8) is 0 Å². The topological polar surface area (TPSA) is 71.0 Å². The molecule has 28 heavy (non-hydrogen) atoms. The van der Waals surface area contributed by atoms with E-state index in [1.807, 2.05) is 55.5 Å². The van der Waals surface area contributed by atoms with Gasteiger partial charge in [-0.2, -0.15) is 5.26 Å². The predicted molar refractivity (Wildman–Crippen MR) is 107 cm³/mol. The molecule has 2 aromatic rings. The van der Waals surface area contributed by atoms with E-state index in [0.717, 1.165) is 32.7 Å². The SMILES string of the molecule is COc1ccccc1NC(=O)[C@H](C)[NH+]1CC[NH+](Cc2ccc(C#N)cc2)CC1. The van der Waals surface area contributed by atoms with Gasteiger partial charge in [-0.25, -0.2) is 0 Å². The number of nitrogens with one attached hydrogen (secondary N) is 3. The number of hydrogen-bond donors (Lipinski definition) is 3. The van der Waals surface area contributed by atoms with Gasteiger partial charge in [-0.1, -0.05) is 24.3 Å². The Bertz CT molecular complexity index is 836. The van der Waals surface area contributed by atoms with Gasteiger partial charge in [0.25, 0.3) is 5.91 Å². The molecular formula is C22H28N4O2+2. The van der Waals surface area contributed by atoms with Gasteiger partial charge in [0, 0.05) is 5.56 Å². The third-order valence-corrected chi connectivity index (χ3v) is 5.51. The monoisotopic (exact) mass is 380 g/mol. The number of rotatable bonds is 6. The third-order valence-electron chi connectivity index (χ3n) is 5.51. The van der Waals surface area contributed by atoms with Crippen molar-refractivity contribution in [2.75, 3.05) is 38.6 Å². The minimum Gasteiger partial charge on any atom is -0.495 e. The third kappa shape index (κ3) is 4.89. The summed E-state index contributed by atoms with van der Waals surface area (Å²) < 4.78 is 5.31. The van der Waals surface area contributed by atoms with Gasteiger partial charge >= 0.3 is 0 Å². The van der Waals surface area contributed by atoms with Gasteiger partial charge in [0.05, 0.1) is 24.4 Å². The lowest BCUT2D eigenvalue weighted by atomic mass is 10.1. The number of nitrogens with zero attached hydrogens (tertiary/aromatic N) is 1. The van der Waals surface area contributed by atoms with Gasteiger partial charge in [0.1, 0.15) is 38.5 Å². The van der Waals surface area contributed by atoms with E-state index >= 15 is 0 Å². The second-order valence-corrected chi connectivity index (χ2v) is 7.30. The maximum absolute atomic E-state index is 12.7. The molecule has 0 saturated carbocycles. The van der Waals surface area contributed by atoms with E-state index in [-0.39, 0.29) is 11.9 Å². The number of ether oxygens (including phenoxy) is 1. The standard InChI is InChI=1S/C22H26N4O2/c1-17(22(27)24-20-5-3-4-6-21(20)28-2)26-13-11-25(12-14-26)16-19-9-7-18(15-23)8-10-19/h3-10,17H,11-14,16H2,1-2H3,(H,24,27)/p+2/t17-/m0/s1. The number of carbonyl (C=O) groups is 1. The van der Waals surface area contributed by atoms with Crippen LogP contribution in [0.4, 0.5) is 5.69 Å². The van der Waals surface area contributed by atoms with Gasteiger partial charge in [-0.05, 0) is 31.2 Å². The van der Waals surface area contributed by atoms with Crippen LogP contribution in [0.3, 0.4) is 0 Å². The molecule has 1 heterocycles. The first-order valence-electron chi connectivity index (χ1n) is 9.71. The van der Waals surface area contributed by atoms with Crippen molar-refractivity contribution in [3.8, 4) is 11.8 Å². The zero-order valence-electron chi connectivity index (χ0n) is 16.5. The number of methoxy groups -OCH3 is 1. The van der Waals surface area contributed by atoms with E-state index in [9.17, 15) is 4.79 Å². The number of hydrogen-bond acceptors (Lipinski definition) is 3. The molecule has 3 rings (SSSR count). The number of piperazine rings is 1. The molecular weight excluding hydrogens is 352 g/mol. The lowest BCUT2D eigenvalue weighted by Gasteiger charge is -2.32. The Balaban J connectivity index is 1.50. The maximum Gasteiger partial charge on any atom is 0.282 e. The van der Waals surface area contributed by atoms with Gasteiger partial charge < -0.3 is 19.9 Å². The number of para-hydroxylation sites is 2. The van der Waals surface area contributed by atoms with Crippen LogP contribution in [0.5, 0.6) is 5.75 Å². The van der Waals surface area contributed by atoms with E-state index < -0.39 is 0 Å². The Morgan fingerprint density at radius 1 is 1.14 bits per heavy atom. The first-order chi connectivity index (χ1) is 13.6. The van der Waals surface area contributed by atoms with Crippen LogP contribution in [-0.4, -0.2) is 45.2 Å². The summed E-state index contributed by atoms with van der Waals surface area (Å²) in [5.41, 5.74) is 2.66.